The second kappa shape index (κ2) is 9.10. The molecule has 0 saturated carbocycles. The molecule has 2 N–H and O–H groups in total. The summed E-state index contributed by atoms with van der Waals surface area (Å²) in [5.74, 6) is 1.46. The quantitative estimate of drug-likeness (QED) is 0.673. The summed E-state index contributed by atoms with van der Waals surface area (Å²) in [6, 6.07) is 5.87. The number of benzene rings is 1. The van der Waals surface area contributed by atoms with Gasteiger partial charge in [-0.2, -0.15) is 0 Å². The third kappa shape index (κ3) is 7.20. The maximum absolute atomic E-state index is 11.8. The zero-order valence-corrected chi connectivity index (χ0v) is 15.4. The molecular formula is C16H28N2O4S. The van der Waals surface area contributed by atoms with Crippen LogP contribution < -0.4 is 19.5 Å². The lowest BCUT2D eigenvalue weighted by molar-refractivity contribution is 0.354. The topological polar surface area (TPSA) is 76.7 Å². The average Bonchev–Trinajstić information content (AvgIpc) is 2.45. The van der Waals surface area contributed by atoms with E-state index in [1.807, 2.05) is 39.0 Å². The summed E-state index contributed by atoms with van der Waals surface area (Å²) in [6.45, 7) is 6.06. The lowest BCUT2D eigenvalue weighted by Gasteiger charge is -2.16. The molecule has 7 heteroatoms. The molecular weight excluding hydrogens is 316 g/mol. The highest BCUT2D eigenvalue weighted by Gasteiger charge is 2.13. The number of ether oxygens (including phenoxy) is 2. The van der Waals surface area contributed by atoms with Gasteiger partial charge in [0.2, 0.25) is 10.0 Å². The van der Waals surface area contributed by atoms with Crippen LogP contribution in [0.2, 0.25) is 0 Å². The van der Waals surface area contributed by atoms with E-state index < -0.39 is 10.0 Å². The molecule has 0 bridgehead atoms. The maximum atomic E-state index is 11.8. The second-order valence-electron chi connectivity index (χ2n) is 5.84. The largest absolute Gasteiger partial charge is 0.493 e. The lowest BCUT2D eigenvalue weighted by atomic mass is 10.1. The minimum atomic E-state index is -3.22. The van der Waals surface area contributed by atoms with E-state index in [1.54, 1.807) is 14.2 Å². The van der Waals surface area contributed by atoms with Crippen LogP contribution in [0.25, 0.3) is 0 Å². The summed E-state index contributed by atoms with van der Waals surface area (Å²) in [4.78, 5) is 0. The van der Waals surface area contributed by atoms with E-state index in [9.17, 15) is 8.42 Å². The van der Waals surface area contributed by atoms with Gasteiger partial charge in [0.15, 0.2) is 11.5 Å². The monoisotopic (exact) mass is 344 g/mol. The van der Waals surface area contributed by atoms with Gasteiger partial charge in [-0.1, -0.05) is 6.07 Å². The summed E-state index contributed by atoms with van der Waals surface area (Å²) in [7, 11) is -0.00653. The molecule has 132 valence electrons. The Morgan fingerprint density at radius 3 is 2.30 bits per heavy atom. The van der Waals surface area contributed by atoms with Gasteiger partial charge < -0.3 is 14.8 Å². The summed E-state index contributed by atoms with van der Waals surface area (Å²) >= 11 is 0. The number of rotatable bonds is 10. The zero-order chi connectivity index (χ0) is 17.5. The number of nitrogens with one attached hydrogen (secondary N) is 2. The van der Waals surface area contributed by atoms with E-state index in [1.165, 1.54) is 0 Å². The number of methoxy groups -OCH3 is 2. The summed E-state index contributed by atoms with van der Waals surface area (Å²) < 4.78 is 36.6. The SMILES string of the molecule is COc1ccc(C[C@H](C)NCCS(=O)(=O)NC(C)C)cc1OC. The molecule has 0 fully saturated rings. The first-order chi connectivity index (χ1) is 10.8. The molecule has 23 heavy (non-hydrogen) atoms. The van der Waals surface area contributed by atoms with Crippen molar-refractivity contribution in [3.05, 3.63) is 23.8 Å². The van der Waals surface area contributed by atoms with Crippen LogP contribution >= 0.6 is 0 Å². The van der Waals surface area contributed by atoms with Gasteiger partial charge in [0.05, 0.1) is 20.0 Å². The predicted octanol–water partition coefficient (Wildman–Crippen LogP) is 1.55. The summed E-state index contributed by atoms with van der Waals surface area (Å²) in [6.07, 6.45) is 0.776. The van der Waals surface area contributed by atoms with Crippen LogP contribution in [-0.4, -0.2) is 47.0 Å². The highest BCUT2D eigenvalue weighted by molar-refractivity contribution is 7.89. The molecule has 0 radical (unpaired) electrons. The molecule has 0 heterocycles. The predicted molar refractivity (Wildman–Crippen MR) is 92.8 cm³/mol. The van der Waals surface area contributed by atoms with E-state index in [2.05, 4.69) is 10.0 Å². The Balaban J connectivity index is 2.49. The van der Waals surface area contributed by atoms with Crippen molar-refractivity contribution in [3.63, 3.8) is 0 Å². The van der Waals surface area contributed by atoms with Crippen LogP contribution in [0.1, 0.15) is 26.3 Å². The van der Waals surface area contributed by atoms with Gasteiger partial charge in [-0.3, -0.25) is 0 Å². The molecule has 1 aromatic carbocycles. The van der Waals surface area contributed by atoms with Crippen LogP contribution in [0.5, 0.6) is 11.5 Å². The maximum Gasteiger partial charge on any atom is 0.213 e. The van der Waals surface area contributed by atoms with Gasteiger partial charge in [0, 0.05) is 18.6 Å². The molecule has 1 aromatic rings. The Morgan fingerprint density at radius 2 is 1.74 bits per heavy atom. The third-order valence-corrected chi connectivity index (χ3v) is 4.84. The lowest BCUT2D eigenvalue weighted by Crippen LogP contribution is -2.38. The Labute approximate surface area is 139 Å². The summed E-state index contributed by atoms with van der Waals surface area (Å²) in [5, 5.41) is 3.24. The van der Waals surface area contributed by atoms with Crippen LogP contribution in [0.4, 0.5) is 0 Å². The van der Waals surface area contributed by atoms with Crippen molar-refractivity contribution in [1.82, 2.24) is 10.0 Å². The fourth-order valence-corrected chi connectivity index (χ4v) is 3.51. The first kappa shape index (κ1) is 19.7. The molecule has 1 atom stereocenters. The van der Waals surface area contributed by atoms with Crippen LogP contribution in [0, 0.1) is 0 Å². The number of hydrogen-bond donors (Lipinski definition) is 2. The molecule has 0 aliphatic heterocycles. The van der Waals surface area contributed by atoms with E-state index in [4.69, 9.17) is 9.47 Å². The smallest absolute Gasteiger partial charge is 0.213 e. The minimum absolute atomic E-state index is 0.0709. The highest BCUT2D eigenvalue weighted by Crippen LogP contribution is 2.27. The molecule has 1 rings (SSSR count). The van der Waals surface area contributed by atoms with Crippen molar-refractivity contribution >= 4 is 10.0 Å². The Kier molecular flexibility index (Phi) is 7.81. The van der Waals surface area contributed by atoms with E-state index in [0.717, 1.165) is 12.0 Å². The molecule has 0 saturated heterocycles. The van der Waals surface area contributed by atoms with Crippen LogP contribution in [-0.2, 0) is 16.4 Å². The normalized spacial score (nSPS) is 13.1. The zero-order valence-electron chi connectivity index (χ0n) is 14.5. The molecule has 0 spiro atoms. The van der Waals surface area contributed by atoms with Gasteiger partial charge in [-0.25, -0.2) is 13.1 Å². The second-order valence-corrected chi connectivity index (χ2v) is 7.71. The molecule has 6 nitrogen and oxygen atoms in total. The van der Waals surface area contributed by atoms with E-state index in [-0.39, 0.29) is 17.8 Å². The first-order valence-corrected chi connectivity index (χ1v) is 9.37. The Morgan fingerprint density at radius 1 is 1.09 bits per heavy atom. The number of sulfonamides is 1. The summed E-state index contributed by atoms with van der Waals surface area (Å²) in [5.41, 5.74) is 1.10. The molecule has 0 aliphatic rings. The van der Waals surface area contributed by atoms with Crippen molar-refractivity contribution in [2.45, 2.75) is 39.3 Å². The van der Waals surface area contributed by atoms with Crippen LogP contribution in [0.3, 0.4) is 0 Å². The van der Waals surface area contributed by atoms with Gasteiger partial charge in [0.1, 0.15) is 0 Å². The Bertz CT molecular complexity index is 588. The standard InChI is InChI=1S/C16H28N2O4S/c1-12(2)18-23(19,20)9-8-17-13(3)10-14-6-7-15(21-4)16(11-14)22-5/h6-7,11-13,17-18H,8-10H2,1-5H3/t13-/m0/s1. The fraction of sp³-hybridized carbons (Fsp3) is 0.625. The van der Waals surface area contributed by atoms with Gasteiger partial charge in [-0.15, -0.1) is 0 Å². The molecule has 0 aliphatic carbocycles. The van der Waals surface area contributed by atoms with Gasteiger partial charge >= 0.3 is 0 Å². The van der Waals surface area contributed by atoms with Gasteiger partial charge in [-0.05, 0) is 44.9 Å². The highest BCUT2D eigenvalue weighted by atomic mass is 32.2. The minimum Gasteiger partial charge on any atom is -0.493 e. The molecule has 0 unspecified atom stereocenters. The van der Waals surface area contributed by atoms with Crippen molar-refractivity contribution in [3.8, 4) is 11.5 Å². The first-order valence-electron chi connectivity index (χ1n) is 7.71. The van der Waals surface area contributed by atoms with Crippen molar-refractivity contribution in [1.29, 1.82) is 0 Å². The van der Waals surface area contributed by atoms with Crippen molar-refractivity contribution < 1.29 is 17.9 Å². The third-order valence-electron chi connectivity index (χ3n) is 3.27. The number of hydrogen-bond acceptors (Lipinski definition) is 5. The van der Waals surface area contributed by atoms with Gasteiger partial charge in [0.25, 0.3) is 0 Å². The average molecular weight is 344 g/mol. The molecule has 0 aromatic heterocycles. The molecule has 0 amide bonds. The van der Waals surface area contributed by atoms with Crippen molar-refractivity contribution in [2.24, 2.45) is 0 Å². The van der Waals surface area contributed by atoms with E-state index in [0.29, 0.717) is 18.0 Å². The van der Waals surface area contributed by atoms with Crippen LogP contribution in [0.15, 0.2) is 18.2 Å². The van der Waals surface area contributed by atoms with E-state index >= 15 is 0 Å². The van der Waals surface area contributed by atoms with Crippen molar-refractivity contribution in [2.75, 3.05) is 26.5 Å². The Hall–Kier alpha value is -1.31. The fourth-order valence-electron chi connectivity index (χ4n) is 2.29.